The Morgan fingerprint density at radius 1 is 1.10 bits per heavy atom. The summed E-state index contributed by atoms with van der Waals surface area (Å²) >= 11 is 0. The van der Waals surface area contributed by atoms with Gasteiger partial charge >= 0.3 is 6.36 Å². The minimum absolute atomic E-state index is 0.295. The van der Waals surface area contributed by atoms with Crippen LogP contribution >= 0.6 is 0 Å². The van der Waals surface area contributed by atoms with Gasteiger partial charge in [-0.25, -0.2) is 4.98 Å². The third kappa shape index (κ3) is 3.36. The predicted octanol–water partition coefficient (Wildman–Crippen LogP) is 3.19. The van der Waals surface area contributed by atoms with Gasteiger partial charge < -0.3 is 15.2 Å². The number of hydrogen-bond acceptors (Lipinski definition) is 6. The Labute approximate surface area is 177 Å². The van der Waals surface area contributed by atoms with Crippen LogP contribution in [0.5, 0.6) is 5.75 Å². The van der Waals surface area contributed by atoms with Crippen molar-refractivity contribution in [2.45, 2.75) is 43.6 Å². The first-order valence-corrected chi connectivity index (χ1v) is 10.8. The number of anilines is 1. The van der Waals surface area contributed by atoms with Gasteiger partial charge in [0.15, 0.2) is 11.6 Å². The van der Waals surface area contributed by atoms with Crippen LogP contribution in [0.2, 0.25) is 0 Å². The maximum Gasteiger partial charge on any atom is 0.573 e. The number of pyridine rings is 1. The second kappa shape index (κ2) is 6.83. The molecule has 3 atom stereocenters. The summed E-state index contributed by atoms with van der Waals surface area (Å²) in [6, 6.07) is 4.24. The van der Waals surface area contributed by atoms with Crippen LogP contribution in [0.1, 0.15) is 36.9 Å². The molecule has 0 radical (unpaired) electrons. The topological polar surface area (TPSA) is 78.4 Å². The molecule has 10 heteroatoms. The first kappa shape index (κ1) is 19.4. The first-order valence-electron chi connectivity index (χ1n) is 10.8. The van der Waals surface area contributed by atoms with Gasteiger partial charge in [0.25, 0.3) is 0 Å². The molecule has 31 heavy (non-hydrogen) atoms. The quantitative estimate of drug-likeness (QED) is 0.777. The second-order valence-electron chi connectivity index (χ2n) is 9.14. The second-order valence-corrected chi connectivity index (χ2v) is 9.14. The highest BCUT2D eigenvalue weighted by Gasteiger charge is 2.59. The van der Waals surface area contributed by atoms with Crippen molar-refractivity contribution in [3.05, 3.63) is 24.0 Å². The molecule has 4 fully saturated rings. The van der Waals surface area contributed by atoms with Crippen molar-refractivity contribution in [1.29, 1.82) is 0 Å². The van der Waals surface area contributed by atoms with Crippen LogP contribution < -0.4 is 10.5 Å². The number of ether oxygens (including phenoxy) is 2. The van der Waals surface area contributed by atoms with Crippen LogP contribution in [0.4, 0.5) is 19.0 Å². The van der Waals surface area contributed by atoms with Crippen LogP contribution in [-0.2, 0) is 4.74 Å². The number of fused-ring (bicyclic) bond motifs is 1. The van der Waals surface area contributed by atoms with E-state index in [1.807, 2.05) is 6.07 Å². The van der Waals surface area contributed by atoms with Gasteiger partial charge in [-0.15, -0.1) is 13.2 Å². The zero-order valence-electron chi connectivity index (χ0n) is 16.9. The normalized spacial score (nSPS) is 28.8. The molecule has 0 amide bonds. The number of hydrogen-bond donors (Lipinski definition) is 1. The van der Waals surface area contributed by atoms with Crippen LogP contribution in [0, 0.1) is 11.8 Å². The van der Waals surface area contributed by atoms with Crippen molar-refractivity contribution in [3.8, 4) is 17.0 Å². The number of aromatic nitrogens is 3. The Bertz CT molecular complexity index is 989. The summed E-state index contributed by atoms with van der Waals surface area (Å²) in [4.78, 5) is 6.44. The van der Waals surface area contributed by atoms with Crippen molar-refractivity contribution in [2.75, 3.05) is 32.0 Å². The number of nitrogens with two attached hydrogens (primary N) is 1. The van der Waals surface area contributed by atoms with Gasteiger partial charge in [-0.1, -0.05) is 0 Å². The summed E-state index contributed by atoms with van der Waals surface area (Å²) in [6.45, 7) is 3.84. The summed E-state index contributed by atoms with van der Waals surface area (Å²) in [5, 5.41) is 4.81. The molecule has 2 saturated heterocycles. The largest absolute Gasteiger partial charge is 0.573 e. The Hall–Kier alpha value is -2.33. The van der Waals surface area contributed by atoms with Gasteiger partial charge in [-0.2, -0.15) is 5.10 Å². The third-order valence-corrected chi connectivity index (χ3v) is 7.29. The van der Waals surface area contributed by atoms with Crippen molar-refractivity contribution < 1.29 is 22.6 Å². The molecular formula is C21H24F3N5O2. The molecule has 2 saturated carbocycles. The highest BCUT2D eigenvalue weighted by molar-refractivity contribution is 5.64. The predicted molar refractivity (Wildman–Crippen MR) is 105 cm³/mol. The molecule has 2 aromatic heterocycles. The van der Waals surface area contributed by atoms with Crippen LogP contribution in [0.25, 0.3) is 11.3 Å². The maximum absolute atomic E-state index is 12.7. The minimum Gasteiger partial charge on any atom is -0.402 e. The fourth-order valence-corrected chi connectivity index (χ4v) is 5.25. The number of alkyl halides is 3. The molecule has 2 N–H and O–H groups in total. The maximum atomic E-state index is 12.7. The van der Waals surface area contributed by atoms with E-state index in [0.717, 1.165) is 39.1 Å². The van der Waals surface area contributed by atoms with E-state index >= 15 is 0 Å². The molecule has 0 spiro atoms. The number of nitrogens with zero attached hydrogens (tertiary/aromatic N) is 4. The molecule has 0 aromatic carbocycles. The Morgan fingerprint density at radius 3 is 2.42 bits per heavy atom. The lowest BCUT2D eigenvalue weighted by molar-refractivity contribution is -0.274. The Kier molecular flexibility index (Phi) is 4.27. The molecule has 6 rings (SSSR count). The number of rotatable bonds is 5. The van der Waals surface area contributed by atoms with Gasteiger partial charge in [0.05, 0.1) is 31.0 Å². The van der Waals surface area contributed by atoms with Gasteiger partial charge in [0.1, 0.15) is 0 Å². The minimum atomic E-state index is -4.83. The summed E-state index contributed by atoms with van der Waals surface area (Å²) in [6.07, 6.45) is -0.0108. The number of piperidine rings is 1. The smallest absolute Gasteiger partial charge is 0.402 e. The molecule has 166 valence electrons. The summed E-state index contributed by atoms with van der Waals surface area (Å²) in [7, 11) is 0. The van der Waals surface area contributed by atoms with E-state index in [1.54, 1.807) is 0 Å². The monoisotopic (exact) mass is 435 g/mol. The van der Waals surface area contributed by atoms with Gasteiger partial charge in [-0.05, 0) is 43.2 Å². The van der Waals surface area contributed by atoms with E-state index in [9.17, 15) is 13.2 Å². The molecule has 2 aromatic rings. The Morgan fingerprint density at radius 2 is 1.84 bits per heavy atom. The van der Waals surface area contributed by atoms with E-state index < -0.39 is 12.1 Å². The third-order valence-electron chi connectivity index (χ3n) is 7.29. The summed E-state index contributed by atoms with van der Waals surface area (Å²) in [5.41, 5.74) is 7.89. The lowest BCUT2D eigenvalue weighted by Gasteiger charge is -2.36. The summed E-state index contributed by atoms with van der Waals surface area (Å²) in [5.74, 6) is 0.921. The zero-order chi connectivity index (χ0) is 21.3. The van der Waals surface area contributed by atoms with Crippen LogP contribution in [-0.4, -0.2) is 58.4 Å². The lowest BCUT2D eigenvalue weighted by atomic mass is 9.93. The van der Waals surface area contributed by atoms with E-state index in [1.165, 1.54) is 24.4 Å². The fourth-order valence-electron chi connectivity index (χ4n) is 5.25. The van der Waals surface area contributed by atoms with Gasteiger partial charge in [0.2, 0.25) is 0 Å². The van der Waals surface area contributed by atoms with E-state index in [2.05, 4.69) is 19.3 Å². The van der Waals surface area contributed by atoms with Crippen molar-refractivity contribution >= 4 is 5.82 Å². The van der Waals surface area contributed by atoms with Crippen molar-refractivity contribution in [2.24, 2.45) is 11.8 Å². The number of nitrogen functional groups attached to an aromatic ring is 1. The molecule has 2 aliphatic heterocycles. The average molecular weight is 435 g/mol. The highest BCUT2D eigenvalue weighted by atomic mass is 19.4. The molecule has 4 aliphatic rings. The number of halogens is 3. The van der Waals surface area contributed by atoms with E-state index in [0.29, 0.717) is 41.1 Å². The molecular weight excluding hydrogens is 411 g/mol. The Balaban J connectivity index is 1.28. The van der Waals surface area contributed by atoms with Gasteiger partial charge in [0, 0.05) is 36.5 Å². The zero-order valence-corrected chi connectivity index (χ0v) is 16.9. The molecule has 2 aliphatic carbocycles. The summed E-state index contributed by atoms with van der Waals surface area (Å²) < 4.78 is 49.6. The molecule has 0 unspecified atom stereocenters. The standard InChI is InChI=1S/C21H24F3N5O2/c22-21(23,24)31-18-4-11(6-26-20(18)25)16-5-17(29(27-16)12-2-1-3-12)19-14-7-28(8-15(14)19)13-9-30-10-13/h4-6,12-15,19H,1-3,7-10H2,(H2,25,26)/t14-,15+,19-. The highest BCUT2D eigenvalue weighted by Crippen LogP contribution is 2.59. The number of likely N-dealkylation sites (tertiary alicyclic amines) is 1. The van der Waals surface area contributed by atoms with E-state index in [-0.39, 0.29) is 5.82 Å². The molecule has 0 bridgehead atoms. The average Bonchev–Trinajstić information content (AvgIpc) is 2.96. The SMILES string of the molecule is Nc1ncc(-c2cc([C@@H]3[C@@H]4CN(C5COC5)C[C@@H]43)n(C3CCC3)n2)cc1OC(F)(F)F. The van der Waals surface area contributed by atoms with Crippen LogP contribution in [0.3, 0.4) is 0 Å². The van der Waals surface area contributed by atoms with Crippen molar-refractivity contribution in [1.82, 2.24) is 19.7 Å². The molecule has 4 heterocycles. The fraction of sp³-hybridized carbons (Fsp3) is 0.619. The lowest BCUT2D eigenvalue weighted by Crippen LogP contribution is -2.48. The van der Waals surface area contributed by atoms with Gasteiger partial charge in [-0.3, -0.25) is 9.58 Å². The van der Waals surface area contributed by atoms with Crippen LogP contribution in [0.15, 0.2) is 18.3 Å². The van der Waals surface area contributed by atoms with E-state index in [4.69, 9.17) is 15.6 Å². The van der Waals surface area contributed by atoms with Crippen molar-refractivity contribution in [3.63, 3.8) is 0 Å². The molecule has 7 nitrogen and oxygen atoms in total. The first-order chi connectivity index (χ1) is 14.9.